The molecule has 0 aromatic carbocycles. The molecule has 0 unspecified atom stereocenters. The third-order valence-electron chi connectivity index (χ3n) is 1.40. The fourth-order valence-electron chi connectivity index (χ4n) is 0.804. The van der Waals surface area contributed by atoms with E-state index in [-0.39, 0.29) is 10.8 Å². The molecule has 1 amide bonds. The van der Waals surface area contributed by atoms with Crippen LogP contribution in [0.15, 0.2) is 10.5 Å². The van der Waals surface area contributed by atoms with E-state index in [4.69, 9.17) is 5.11 Å². The molecule has 1 rings (SSSR count). The van der Waals surface area contributed by atoms with Crippen LogP contribution in [0.4, 0.5) is 5.13 Å². The van der Waals surface area contributed by atoms with Crippen molar-refractivity contribution in [1.29, 1.82) is 0 Å². The molecule has 0 atom stereocenters. The molecule has 17 heavy (non-hydrogen) atoms. The molecule has 0 aliphatic rings. The smallest absolute Gasteiger partial charge is 0.360 e. The molecular weight excluding hydrogens is 250 g/mol. The van der Waals surface area contributed by atoms with Crippen molar-refractivity contribution in [2.45, 2.75) is 6.92 Å². The fraction of sp³-hybridized carbons (Fsp3) is 0.125. The molecule has 0 aliphatic heterocycles. The first kappa shape index (κ1) is 12.8. The van der Waals surface area contributed by atoms with E-state index in [0.29, 0.717) is 6.41 Å². The average molecular weight is 257 g/mol. The Kier molecular flexibility index (Phi) is 4.29. The zero-order valence-electron chi connectivity index (χ0n) is 8.54. The van der Waals surface area contributed by atoms with Gasteiger partial charge in [0.2, 0.25) is 12.1 Å². The van der Waals surface area contributed by atoms with Gasteiger partial charge in [-0.05, 0) is 0 Å². The summed E-state index contributed by atoms with van der Waals surface area (Å²) in [6.07, 6.45) is 0.409. The van der Waals surface area contributed by atoms with Gasteiger partial charge >= 0.3 is 11.9 Å². The molecule has 0 saturated carbocycles. The predicted molar refractivity (Wildman–Crippen MR) is 57.7 cm³/mol. The van der Waals surface area contributed by atoms with Gasteiger partial charge in [-0.15, -0.1) is 11.3 Å². The molecule has 0 radical (unpaired) electrons. The van der Waals surface area contributed by atoms with Gasteiger partial charge in [-0.1, -0.05) is 5.16 Å². The molecule has 2 N–H and O–H groups in total. The van der Waals surface area contributed by atoms with Crippen molar-refractivity contribution in [1.82, 2.24) is 4.98 Å². The Morgan fingerprint density at radius 2 is 2.35 bits per heavy atom. The number of aliphatic carboxylic acids is 1. The Balaban J connectivity index is 2.97. The minimum atomic E-state index is -1.39. The molecule has 90 valence electrons. The van der Waals surface area contributed by atoms with Gasteiger partial charge in [-0.2, -0.15) is 0 Å². The molecule has 1 heterocycles. The minimum Gasteiger partial charge on any atom is -0.476 e. The number of carbonyl (C=O) groups excluding carboxylic acids is 2. The van der Waals surface area contributed by atoms with Gasteiger partial charge in [0.25, 0.3) is 0 Å². The summed E-state index contributed by atoms with van der Waals surface area (Å²) in [5, 5.41) is 15.8. The third-order valence-corrected chi connectivity index (χ3v) is 2.17. The minimum absolute atomic E-state index is 0.00639. The van der Waals surface area contributed by atoms with Crippen LogP contribution in [0.1, 0.15) is 12.6 Å². The Hall–Kier alpha value is -2.29. The maximum atomic E-state index is 10.8. The van der Waals surface area contributed by atoms with E-state index in [0.717, 1.165) is 18.3 Å². The summed E-state index contributed by atoms with van der Waals surface area (Å²) in [7, 11) is 0. The summed E-state index contributed by atoms with van der Waals surface area (Å²) in [4.78, 5) is 39.5. The average Bonchev–Trinajstić information content (AvgIpc) is 2.66. The van der Waals surface area contributed by atoms with Crippen LogP contribution in [-0.2, 0) is 19.2 Å². The standard InChI is InChI=1S/C8H7N3O5S/c1-4(13)16-11-6(7(14)15)5-2-17-8(10-5)9-3-12/h2-3H,1H3,(H,14,15)(H,9,10,12)/b11-6-. The fourth-order valence-corrected chi connectivity index (χ4v) is 1.46. The number of hydrogen-bond donors (Lipinski definition) is 2. The highest BCUT2D eigenvalue weighted by atomic mass is 32.1. The lowest BCUT2D eigenvalue weighted by Gasteiger charge is -1.96. The zero-order valence-corrected chi connectivity index (χ0v) is 9.35. The highest BCUT2D eigenvalue weighted by Crippen LogP contribution is 2.15. The van der Waals surface area contributed by atoms with E-state index in [1.165, 1.54) is 5.38 Å². The number of oxime groups is 1. The lowest BCUT2D eigenvalue weighted by atomic mass is 10.3. The van der Waals surface area contributed by atoms with E-state index in [2.05, 4.69) is 20.3 Å². The number of amides is 1. The summed E-state index contributed by atoms with van der Waals surface area (Å²) in [6.45, 7) is 1.09. The number of rotatable bonds is 5. The molecule has 0 bridgehead atoms. The number of aromatic nitrogens is 1. The van der Waals surface area contributed by atoms with Gasteiger partial charge in [0, 0.05) is 12.3 Å². The van der Waals surface area contributed by atoms with Crippen molar-refractivity contribution < 1.29 is 24.3 Å². The SMILES string of the molecule is CC(=O)O/N=C(\C(=O)O)c1csc(NC=O)n1. The maximum Gasteiger partial charge on any atom is 0.360 e. The summed E-state index contributed by atoms with van der Waals surface area (Å²) in [6, 6.07) is 0. The van der Waals surface area contributed by atoms with Crippen molar-refractivity contribution >= 4 is 40.5 Å². The number of thiazole rings is 1. The van der Waals surface area contributed by atoms with E-state index in [1.54, 1.807) is 0 Å². The van der Waals surface area contributed by atoms with Crippen molar-refractivity contribution in [3.8, 4) is 0 Å². The monoisotopic (exact) mass is 257 g/mol. The van der Waals surface area contributed by atoms with Gasteiger partial charge in [0.1, 0.15) is 5.69 Å². The second kappa shape index (κ2) is 5.70. The maximum absolute atomic E-state index is 10.8. The van der Waals surface area contributed by atoms with E-state index in [9.17, 15) is 14.4 Å². The van der Waals surface area contributed by atoms with Crippen LogP contribution in [-0.4, -0.2) is 34.2 Å². The lowest BCUT2D eigenvalue weighted by Crippen LogP contribution is -2.16. The van der Waals surface area contributed by atoms with E-state index >= 15 is 0 Å². The lowest BCUT2D eigenvalue weighted by molar-refractivity contribution is -0.141. The first-order valence-corrected chi connectivity index (χ1v) is 5.07. The number of nitrogens with one attached hydrogen (secondary N) is 1. The van der Waals surface area contributed by atoms with Gasteiger partial charge < -0.3 is 15.3 Å². The largest absolute Gasteiger partial charge is 0.476 e. The summed E-state index contributed by atoms with van der Waals surface area (Å²) >= 11 is 1.02. The number of anilines is 1. The Morgan fingerprint density at radius 3 is 2.88 bits per heavy atom. The topological polar surface area (TPSA) is 118 Å². The van der Waals surface area contributed by atoms with Crippen LogP contribution in [0.3, 0.4) is 0 Å². The Bertz CT molecular complexity index is 481. The number of nitrogens with zero attached hydrogens (tertiary/aromatic N) is 2. The second-order valence-corrected chi connectivity index (χ2v) is 3.49. The summed E-state index contributed by atoms with van der Waals surface area (Å²) in [5.74, 6) is -2.14. The predicted octanol–water partition coefficient (Wildman–Crippen LogP) is 0.0632. The van der Waals surface area contributed by atoms with Crippen molar-refractivity contribution in [3.05, 3.63) is 11.1 Å². The van der Waals surface area contributed by atoms with E-state index in [1.807, 2.05) is 0 Å². The molecule has 8 nitrogen and oxygen atoms in total. The quantitative estimate of drug-likeness (QED) is 0.333. The molecule has 0 saturated heterocycles. The molecule has 0 fully saturated rings. The summed E-state index contributed by atoms with van der Waals surface area (Å²) < 4.78 is 0. The number of carboxylic acid groups (broad SMARTS) is 1. The van der Waals surface area contributed by atoms with Gasteiger partial charge in [0.15, 0.2) is 5.13 Å². The van der Waals surface area contributed by atoms with Crippen LogP contribution >= 0.6 is 11.3 Å². The second-order valence-electron chi connectivity index (χ2n) is 2.63. The van der Waals surface area contributed by atoms with Gasteiger partial charge in [-0.3, -0.25) is 4.79 Å². The Morgan fingerprint density at radius 1 is 1.65 bits per heavy atom. The van der Waals surface area contributed by atoms with Gasteiger partial charge in [0.05, 0.1) is 0 Å². The Labute approximate surface area is 98.9 Å². The van der Waals surface area contributed by atoms with Crippen LogP contribution in [0.25, 0.3) is 0 Å². The number of hydrogen-bond acceptors (Lipinski definition) is 7. The van der Waals surface area contributed by atoms with Crippen LogP contribution in [0.2, 0.25) is 0 Å². The first-order valence-electron chi connectivity index (χ1n) is 4.19. The molecule has 1 aromatic heterocycles. The van der Waals surface area contributed by atoms with Gasteiger partial charge in [-0.25, -0.2) is 14.6 Å². The highest BCUT2D eigenvalue weighted by molar-refractivity contribution is 7.14. The van der Waals surface area contributed by atoms with E-state index < -0.39 is 17.7 Å². The molecule has 0 aliphatic carbocycles. The number of carbonyl (C=O) groups is 3. The molecular formula is C8H7N3O5S. The molecule has 9 heteroatoms. The molecule has 0 spiro atoms. The van der Waals surface area contributed by atoms with Crippen molar-refractivity contribution in [3.63, 3.8) is 0 Å². The van der Waals surface area contributed by atoms with Crippen molar-refractivity contribution in [2.75, 3.05) is 5.32 Å². The normalized spacial score (nSPS) is 10.8. The van der Waals surface area contributed by atoms with Crippen molar-refractivity contribution in [2.24, 2.45) is 5.16 Å². The summed E-state index contributed by atoms with van der Waals surface area (Å²) in [5.41, 5.74) is -0.525. The number of carboxylic acids is 1. The third kappa shape index (κ3) is 3.65. The molecule has 1 aromatic rings. The van der Waals surface area contributed by atoms with Crippen LogP contribution < -0.4 is 5.32 Å². The first-order chi connectivity index (χ1) is 8.04. The highest BCUT2D eigenvalue weighted by Gasteiger charge is 2.17. The van der Waals surface area contributed by atoms with Crippen LogP contribution in [0.5, 0.6) is 0 Å². The zero-order chi connectivity index (χ0) is 12.8. The van der Waals surface area contributed by atoms with Crippen LogP contribution in [0, 0.1) is 0 Å².